The number of morpholine rings is 1. The van der Waals surface area contributed by atoms with Crippen molar-refractivity contribution < 1.29 is 19.3 Å². The van der Waals surface area contributed by atoms with E-state index >= 15 is 0 Å². The molecule has 0 radical (unpaired) electrons. The zero-order valence-corrected chi connectivity index (χ0v) is 13.6. The Morgan fingerprint density at radius 3 is 2.62 bits per heavy atom. The van der Waals surface area contributed by atoms with Crippen molar-refractivity contribution >= 4 is 15.9 Å². The molecular weight excluding hydrogens is 338 g/mol. The van der Waals surface area contributed by atoms with Crippen molar-refractivity contribution in [2.24, 2.45) is 0 Å². The van der Waals surface area contributed by atoms with Crippen LogP contribution in [-0.4, -0.2) is 68.8 Å². The highest BCUT2D eigenvalue weighted by Gasteiger charge is 2.14. The minimum absolute atomic E-state index is 0.334. The summed E-state index contributed by atoms with van der Waals surface area (Å²) in [6, 6.07) is 7.67. The van der Waals surface area contributed by atoms with Gasteiger partial charge < -0.3 is 19.3 Å². The first-order valence-corrected chi connectivity index (χ1v) is 7.97. The van der Waals surface area contributed by atoms with Gasteiger partial charge in [0.2, 0.25) is 0 Å². The first kappa shape index (κ1) is 16.7. The normalized spacial score (nSPS) is 17.6. The van der Waals surface area contributed by atoms with E-state index in [0.717, 1.165) is 36.5 Å². The largest absolute Gasteiger partial charge is 0.491 e. The zero-order chi connectivity index (χ0) is 14.9. The quantitative estimate of drug-likeness (QED) is 0.713. The van der Waals surface area contributed by atoms with Crippen LogP contribution in [0.2, 0.25) is 0 Å². The lowest BCUT2D eigenvalue weighted by atomic mass is 10.3. The summed E-state index contributed by atoms with van der Waals surface area (Å²) in [7, 11) is 0. The van der Waals surface area contributed by atoms with Crippen LogP contribution in [0.4, 0.5) is 0 Å². The molecule has 2 rings (SSSR count). The lowest BCUT2D eigenvalue weighted by molar-refractivity contribution is -0.0178. The van der Waals surface area contributed by atoms with Gasteiger partial charge in [-0.15, -0.1) is 0 Å². The molecule has 118 valence electrons. The highest BCUT2D eigenvalue weighted by Crippen LogP contribution is 2.15. The minimum Gasteiger partial charge on any atom is -0.491 e. The van der Waals surface area contributed by atoms with Crippen LogP contribution in [0.25, 0.3) is 0 Å². The summed E-state index contributed by atoms with van der Waals surface area (Å²) < 4.78 is 17.3. The fraction of sp³-hybridized carbons (Fsp3) is 0.600. The number of halogens is 1. The SMILES string of the molecule is OC(COCCOc1ccc(Br)cc1)CN1CCOCC1. The fourth-order valence-corrected chi connectivity index (χ4v) is 2.37. The van der Waals surface area contributed by atoms with Crippen LogP contribution in [-0.2, 0) is 9.47 Å². The Morgan fingerprint density at radius 1 is 1.19 bits per heavy atom. The van der Waals surface area contributed by atoms with Gasteiger partial charge >= 0.3 is 0 Å². The van der Waals surface area contributed by atoms with E-state index in [1.54, 1.807) is 0 Å². The van der Waals surface area contributed by atoms with E-state index in [2.05, 4.69) is 20.8 Å². The van der Waals surface area contributed by atoms with Gasteiger partial charge in [0.05, 0.1) is 32.5 Å². The standard InChI is InChI=1S/C15H22BrNO4/c16-13-1-3-15(4-2-13)21-10-9-20-12-14(18)11-17-5-7-19-8-6-17/h1-4,14,18H,5-12H2. The second-order valence-corrected chi connectivity index (χ2v) is 5.86. The predicted molar refractivity (Wildman–Crippen MR) is 83.7 cm³/mol. The molecule has 6 heteroatoms. The van der Waals surface area contributed by atoms with Gasteiger partial charge in [0, 0.05) is 24.1 Å². The number of hydrogen-bond acceptors (Lipinski definition) is 5. The third-order valence-electron chi connectivity index (χ3n) is 3.19. The van der Waals surface area contributed by atoms with E-state index in [1.807, 2.05) is 24.3 Å². The number of hydrogen-bond donors (Lipinski definition) is 1. The van der Waals surface area contributed by atoms with Crippen molar-refractivity contribution in [1.29, 1.82) is 0 Å². The molecule has 1 aromatic rings. The van der Waals surface area contributed by atoms with Gasteiger partial charge in [-0.3, -0.25) is 4.90 Å². The van der Waals surface area contributed by atoms with Crippen LogP contribution in [0.5, 0.6) is 5.75 Å². The fourth-order valence-electron chi connectivity index (χ4n) is 2.10. The molecule has 1 N–H and O–H groups in total. The maximum absolute atomic E-state index is 9.89. The molecule has 1 aliphatic heterocycles. The number of aliphatic hydroxyl groups is 1. The lowest BCUT2D eigenvalue weighted by Gasteiger charge is -2.28. The second-order valence-electron chi connectivity index (χ2n) is 4.94. The van der Waals surface area contributed by atoms with E-state index in [4.69, 9.17) is 14.2 Å². The van der Waals surface area contributed by atoms with Crippen molar-refractivity contribution in [3.63, 3.8) is 0 Å². The van der Waals surface area contributed by atoms with Crippen LogP contribution >= 0.6 is 15.9 Å². The van der Waals surface area contributed by atoms with Crippen LogP contribution in [0, 0.1) is 0 Å². The summed E-state index contributed by atoms with van der Waals surface area (Å²) in [5.41, 5.74) is 0. The van der Waals surface area contributed by atoms with Gasteiger partial charge in [0.1, 0.15) is 12.4 Å². The van der Waals surface area contributed by atoms with Crippen molar-refractivity contribution in [2.75, 3.05) is 52.7 Å². The maximum Gasteiger partial charge on any atom is 0.119 e. The van der Waals surface area contributed by atoms with Crippen molar-refractivity contribution in [3.05, 3.63) is 28.7 Å². The molecule has 1 heterocycles. The van der Waals surface area contributed by atoms with E-state index in [-0.39, 0.29) is 0 Å². The van der Waals surface area contributed by atoms with Crippen molar-refractivity contribution in [1.82, 2.24) is 4.90 Å². The topological polar surface area (TPSA) is 51.2 Å². The molecule has 0 spiro atoms. The number of aliphatic hydroxyl groups excluding tert-OH is 1. The first-order valence-electron chi connectivity index (χ1n) is 7.18. The molecule has 1 saturated heterocycles. The Balaban J connectivity index is 1.51. The molecule has 0 saturated carbocycles. The Kier molecular flexibility index (Phi) is 7.46. The summed E-state index contributed by atoms with van der Waals surface area (Å²) >= 11 is 3.38. The highest BCUT2D eigenvalue weighted by molar-refractivity contribution is 9.10. The molecule has 0 aromatic heterocycles. The third-order valence-corrected chi connectivity index (χ3v) is 3.72. The minimum atomic E-state index is -0.462. The first-order chi connectivity index (χ1) is 10.2. The van der Waals surface area contributed by atoms with Gasteiger partial charge in [0.15, 0.2) is 0 Å². The summed E-state index contributed by atoms with van der Waals surface area (Å²) in [6.07, 6.45) is -0.462. The summed E-state index contributed by atoms with van der Waals surface area (Å²) in [6.45, 7) is 5.16. The Morgan fingerprint density at radius 2 is 1.90 bits per heavy atom. The number of β-amino-alcohol motifs (C(OH)–C–C–N with tert-alkyl or cyclic N) is 1. The van der Waals surface area contributed by atoms with Crippen molar-refractivity contribution in [3.8, 4) is 5.75 Å². The average molecular weight is 360 g/mol. The van der Waals surface area contributed by atoms with Crippen LogP contribution in [0.3, 0.4) is 0 Å². The van der Waals surface area contributed by atoms with Gasteiger partial charge in [-0.1, -0.05) is 15.9 Å². The molecule has 21 heavy (non-hydrogen) atoms. The number of rotatable bonds is 8. The number of benzene rings is 1. The smallest absolute Gasteiger partial charge is 0.119 e. The Bertz CT molecular complexity index is 395. The summed E-state index contributed by atoms with van der Waals surface area (Å²) in [5, 5.41) is 9.89. The third kappa shape index (κ3) is 6.76. The molecular formula is C15H22BrNO4. The molecule has 0 amide bonds. The Labute approximate surface area is 133 Å². The summed E-state index contributed by atoms with van der Waals surface area (Å²) in [5.74, 6) is 0.815. The molecule has 5 nitrogen and oxygen atoms in total. The molecule has 1 atom stereocenters. The van der Waals surface area contributed by atoms with Crippen LogP contribution < -0.4 is 4.74 Å². The molecule has 0 bridgehead atoms. The van der Waals surface area contributed by atoms with Gasteiger partial charge in [0.25, 0.3) is 0 Å². The molecule has 1 fully saturated rings. The van der Waals surface area contributed by atoms with E-state index in [1.165, 1.54) is 0 Å². The van der Waals surface area contributed by atoms with Crippen LogP contribution in [0.15, 0.2) is 28.7 Å². The second kappa shape index (κ2) is 9.38. The maximum atomic E-state index is 9.89. The number of nitrogens with zero attached hydrogens (tertiary/aromatic N) is 1. The van der Waals surface area contributed by atoms with E-state index < -0.39 is 6.10 Å². The lowest BCUT2D eigenvalue weighted by Crippen LogP contribution is -2.42. The molecule has 1 aromatic carbocycles. The van der Waals surface area contributed by atoms with Gasteiger partial charge in [-0.2, -0.15) is 0 Å². The van der Waals surface area contributed by atoms with Crippen LogP contribution in [0.1, 0.15) is 0 Å². The van der Waals surface area contributed by atoms with Crippen molar-refractivity contribution in [2.45, 2.75) is 6.10 Å². The monoisotopic (exact) mass is 359 g/mol. The molecule has 1 unspecified atom stereocenters. The number of ether oxygens (including phenoxy) is 3. The molecule has 0 aliphatic carbocycles. The predicted octanol–water partition coefficient (Wildman–Crippen LogP) is 1.54. The Hall–Kier alpha value is -0.660. The van der Waals surface area contributed by atoms with E-state index in [9.17, 15) is 5.11 Å². The van der Waals surface area contributed by atoms with Gasteiger partial charge in [-0.05, 0) is 24.3 Å². The van der Waals surface area contributed by atoms with Gasteiger partial charge in [-0.25, -0.2) is 0 Å². The summed E-state index contributed by atoms with van der Waals surface area (Å²) in [4.78, 5) is 2.19. The average Bonchev–Trinajstić information content (AvgIpc) is 2.50. The molecule has 1 aliphatic rings. The zero-order valence-electron chi connectivity index (χ0n) is 12.0. The van der Waals surface area contributed by atoms with E-state index in [0.29, 0.717) is 26.4 Å². The highest BCUT2D eigenvalue weighted by atomic mass is 79.9.